The Kier molecular flexibility index (Phi) is 6.88. The number of imide groups is 2. The van der Waals surface area contributed by atoms with Crippen LogP contribution in [0.5, 0.6) is 5.75 Å². The fourth-order valence-electron chi connectivity index (χ4n) is 3.87. The van der Waals surface area contributed by atoms with E-state index in [2.05, 4.69) is 21.2 Å². The highest BCUT2D eigenvalue weighted by atomic mass is 79.9. The molecule has 0 atom stereocenters. The molecular formula is C23H19BrCl2N2O4. The van der Waals surface area contributed by atoms with E-state index in [1.165, 1.54) is 11.0 Å². The number of nitrogens with one attached hydrogen (secondary N) is 1. The van der Waals surface area contributed by atoms with Crippen molar-refractivity contribution in [3.8, 4) is 5.75 Å². The van der Waals surface area contributed by atoms with Gasteiger partial charge in [-0.1, -0.05) is 58.0 Å². The molecule has 6 nitrogen and oxygen atoms in total. The number of benzene rings is 2. The van der Waals surface area contributed by atoms with E-state index in [0.717, 1.165) is 35.7 Å². The minimum atomic E-state index is -0.718. The van der Waals surface area contributed by atoms with Gasteiger partial charge < -0.3 is 4.74 Å². The van der Waals surface area contributed by atoms with Crippen LogP contribution in [0.4, 0.5) is 4.79 Å². The van der Waals surface area contributed by atoms with Crippen molar-refractivity contribution in [1.29, 1.82) is 0 Å². The van der Waals surface area contributed by atoms with E-state index in [0.29, 0.717) is 21.4 Å². The van der Waals surface area contributed by atoms with Crippen LogP contribution in [0.1, 0.15) is 36.8 Å². The third kappa shape index (κ3) is 4.85. The van der Waals surface area contributed by atoms with Crippen molar-refractivity contribution in [2.24, 2.45) is 0 Å². The Labute approximate surface area is 203 Å². The lowest BCUT2D eigenvalue weighted by molar-refractivity contribution is -0.131. The molecule has 32 heavy (non-hydrogen) atoms. The Bertz CT molecular complexity index is 1130. The normalized spacial score (nSPS) is 18.4. The minimum absolute atomic E-state index is 0.103. The molecule has 0 unspecified atom stereocenters. The first-order valence-corrected chi connectivity index (χ1v) is 11.6. The van der Waals surface area contributed by atoms with E-state index in [1.807, 2.05) is 0 Å². The molecular weight excluding hydrogens is 519 g/mol. The second-order valence-electron chi connectivity index (χ2n) is 7.65. The Morgan fingerprint density at radius 2 is 1.81 bits per heavy atom. The number of amides is 4. The van der Waals surface area contributed by atoms with Crippen LogP contribution in [-0.4, -0.2) is 28.8 Å². The first-order chi connectivity index (χ1) is 15.3. The van der Waals surface area contributed by atoms with Gasteiger partial charge in [0.15, 0.2) is 0 Å². The van der Waals surface area contributed by atoms with Crippen molar-refractivity contribution >= 4 is 63.1 Å². The van der Waals surface area contributed by atoms with E-state index in [1.54, 1.807) is 36.4 Å². The lowest BCUT2D eigenvalue weighted by Crippen LogP contribution is -2.57. The van der Waals surface area contributed by atoms with E-state index in [-0.39, 0.29) is 18.2 Å². The van der Waals surface area contributed by atoms with Crippen molar-refractivity contribution in [2.75, 3.05) is 0 Å². The molecule has 0 spiro atoms. The van der Waals surface area contributed by atoms with Crippen LogP contribution in [-0.2, 0) is 16.2 Å². The number of hydrogen-bond donors (Lipinski definition) is 1. The molecule has 1 aliphatic heterocycles. The van der Waals surface area contributed by atoms with Gasteiger partial charge in [-0.05, 0) is 54.8 Å². The molecule has 4 amide bonds. The summed E-state index contributed by atoms with van der Waals surface area (Å²) >= 11 is 15.4. The van der Waals surface area contributed by atoms with Crippen molar-refractivity contribution < 1.29 is 19.1 Å². The number of halogens is 3. The molecule has 1 aliphatic carbocycles. The highest BCUT2D eigenvalue weighted by Gasteiger charge is 2.40. The molecule has 4 rings (SSSR count). The van der Waals surface area contributed by atoms with Crippen LogP contribution in [0.15, 0.2) is 46.4 Å². The molecule has 1 N–H and O–H groups in total. The number of ether oxygens (including phenoxy) is 1. The zero-order chi connectivity index (χ0) is 22.8. The molecule has 2 aliphatic rings. The Morgan fingerprint density at radius 1 is 1.06 bits per heavy atom. The zero-order valence-corrected chi connectivity index (χ0v) is 20.0. The molecule has 1 saturated carbocycles. The maximum Gasteiger partial charge on any atom is 0.331 e. The second-order valence-corrected chi connectivity index (χ2v) is 9.38. The quantitative estimate of drug-likeness (QED) is 0.390. The number of nitrogens with zero attached hydrogens (tertiary/aromatic N) is 1. The van der Waals surface area contributed by atoms with Crippen LogP contribution in [0.25, 0.3) is 6.08 Å². The average Bonchev–Trinajstić information content (AvgIpc) is 3.27. The summed E-state index contributed by atoms with van der Waals surface area (Å²) in [5, 5.41) is 3.16. The predicted octanol–water partition coefficient (Wildman–Crippen LogP) is 5.74. The summed E-state index contributed by atoms with van der Waals surface area (Å²) in [5.74, 6) is -0.831. The second kappa shape index (κ2) is 9.65. The molecule has 2 aromatic carbocycles. The van der Waals surface area contributed by atoms with Crippen molar-refractivity contribution in [2.45, 2.75) is 38.3 Å². The highest BCUT2D eigenvalue weighted by Crippen LogP contribution is 2.31. The highest BCUT2D eigenvalue weighted by molar-refractivity contribution is 9.10. The molecule has 0 aromatic heterocycles. The first kappa shape index (κ1) is 22.8. The van der Waals surface area contributed by atoms with Gasteiger partial charge in [0.2, 0.25) is 0 Å². The number of urea groups is 1. The molecule has 2 fully saturated rings. The molecule has 9 heteroatoms. The average molecular weight is 538 g/mol. The Hall–Kier alpha value is -2.35. The van der Waals surface area contributed by atoms with Crippen LogP contribution in [0, 0.1) is 0 Å². The van der Waals surface area contributed by atoms with Crippen molar-refractivity contribution in [3.05, 3.63) is 67.6 Å². The minimum Gasteiger partial charge on any atom is -0.488 e. The standard InChI is InChI=1S/C23H19BrCl2N2O4/c24-15-6-8-20(32-12-13-5-7-18(25)19(26)9-13)14(10-15)11-17-21(29)27-23(31)28(22(17)30)16-3-1-2-4-16/h5-11,16H,1-4,12H2,(H,27,29,31)/b17-11+. The van der Waals surface area contributed by atoms with Gasteiger partial charge in [0.05, 0.1) is 10.0 Å². The molecule has 0 radical (unpaired) electrons. The van der Waals surface area contributed by atoms with E-state index in [9.17, 15) is 14.4 Å². The SMILES string of the molecule is O=C1NC(=O)N(C2CCCC2)C(=O)/C1=C/c1cc(Br)ccc1OCc1ccc(Cl)c(Cl)c1. The summed E-state index contributed by atoms with van der Waals surface area (Å²) in [6, 6.07) is 9.63. The van der Waals surface area contributed by atoms with Crippen LogP contribution < -0.4 is 10.1 Å². The number of rotatable bonds is 5. The number of carbonyl (C=O) groups excluding carboxylic acids is 3. The van der Waals surface area contributed by atoms with Crippen LogP contribution in [0.2, 0.25) is 10.0 Å². The van der Waals surface area contributed by atoms with Gasteiger partial charge in [-0.2, -0.15) is 0 Å². The number of hydrogen-bond acceptors (Lipinski definition) is 4. The maximum absolute atomic E-state index is 13.1. The van der Waals surface area contributed by atoms with Gasteiger partial charge in [-0.3, -0.25) is 19.8 Å². The van der Waals surface area contributed by atoms with Gasteiger partial charge in [-0.15, -0.1) is 0 Å². The molecule has 166 valence electrons. The summed E-state index contributed by atoms with van der Waals surface area (Å²) < 4.78 is 6.69. The third-order valence-corrected chi connectivity index (χ3v) is 6.71. The summed E-state index contributed by atoms with van der Waals surface area (Å²) in [5.41, 5.74) is 1.23. The summed E-state index contributed by atoms with van der Waals surface area (Å²) in [7, 11) is 0. The van der Waals surface area contributed by atoms with Crippen molar-refractivity contribution in [1.82, 2.24) is 10.2 Å². The third-order valence-electron chi connectivity index (χ3n) is 5.47. The first-order valence-electron chi connectivity index (χ1n) is 10.1. The fraction of sp³-hybridized carbons (Fsp3) is 0.261. The topological polar surface area (TPSA) is 75.7 Å². The lowest BCUT2D eigenvalue weighted by atomic mass is 10.0. The van der Waals surface area contributed by atoms with E-state index >= 15 is 0 Å². The monoisotopic (exact) mass is 536 g/mol. The lowest BCUT2D eigenvalue weighted by Gasteiger charge is -2.31. The largest absolute Gasteiger partial charge is 0.488 e. The van der Waals surface area contributed by atoms with Gasteiger partial charge in [0, 0.05) is 16.1 Å². The van der Waals surface area contributed by atoms with Crippen molar-refractivity contribution in [3.63, 3.8) is 0 Å². The summed E-state index contributed by atoms with van der Waals surface area (Å²) in [6.07, 6.45) is 4.85. The smallest absolute Gasteiger partial charge is 0.331 e. The van der Waals surface area contributed by atoms with Crippen LogP contribution >= 0.6 is 39.1 Å². The summed E-state index contributed by atoms with van der Waals surface area (Å²) in [4.78, 5) is 39.1. The van der Waals surface area contributed by atoms with Gasteiger partial charge in [0.25, 0.3) is 11.8 Å². The summed E-state index contributed by atoms with van der Waals surface area (Å²) in [6.45, 7) is 0.210. The van der Waals surface area contributed by atoms with E-state index in [4.69, 9.17) is 27.9 Å². The van der Waals surface area contributed by atoms with E-state index < -0.39 is 17.8 Å². The Morgan fingerprint density at radius 3 is 2.53 bits per heavy atom. The predicted molar refractivity (Wildman–Crippen MR) is 126 cm³/mol. The fourth-order valence-corrected chi connectivity index (χ4v) is 4.57. The molecule has 1 heterocycles. The van der Waals surface area contributed by atoms with Gasteiger partial charge in [0.1, 0.15) is 17.9 Å². The zero-order valence-electron chi connectivity index (χ0n) is 16.9. The molecule has 0 bridgehead atoms. The number of carbonyl (C=O) groups is 3. The molecule has 2 aromatic rings. The maximum atomic E-state index is 13.1. The molecule has 1 saturated heterocycles. The van der Waals surface area contributed by atoms with Gasteiger partial charge in [-0.25, -0.2) is 4.79 Å². The van der Waals surface area contributed by atoms with Crippen LogP contribution in [0.3, 0.4) is 0 Å². The van der Waals surface area contributed by atoms with Gasteiger partial charge >= 0.3 is 6.03 Å². The Balaban J connectivity index is 1.62. The number of barbiturate groups is 1.